The van der Waals surface area contributed by atoms with E-state index in [-0.39, 0.29) is 11.7 Å². The van der Waals surface area contributed by atoms with Crippen molar-refractivity contribution < 1.29 is 9.18 Å². The molecule has 0 atom stereocenters. The Bertz CT molecular complexity index is 730. The number of carbonyl (C=O) groups is 1. The van der Waals surface area contributed by atoms with Gasteiger partial charge in [-0.3, -0.25) is 9.69 Å². The summed E-state index contributed by atoms with van der Waals surface area (Å²) in [6.45, 7) is 4.89. The number of rotatable bonds is 5. The smallest absolute Gasteiger partial charge is 0.253 e. The largest absolute Gasteiger partial charge is 0.369 e. The molecule has 2 heterocycles. The van der Waals surface area contributed by atoms with E-state index in [2.05, 4.69) is 15.1 Å². The van der Waals surface area contributed by atoms with Crippen LogP contribution in [0.25, 0.3) is 0 Å². The molecule has 0 saturated carbocycles. The summed E-state index contributed by atoms with van der Waals surface area (Å²) in [5, 5.41) is 2.88. The Kier molecular flexibility index (Phi) is 6.17. The molecular formula is C17H18Cl2FN3OS. The molecule has 1 fully saturated rings. The van der Waals surface area contributed by atoms with Crippen LogP contribution in [0, 0.1) is 5.82 Å². The molecule has 1 aliphatic rings. The van der Waals surface area contributed by atoms with E-state index in [9.17, 15) is 9.18 Å². The van der Waals surface area contributed by atoms with Gasteiger partial charge in [0.15, 0.2) is 0 Å². The van der Waals surface area contributed by atoms with Crippen molar-refractivity contribution in [2.45, 2.75) is 0 Å². The molecule has 0 bridgehead atoms. The number of benzene rings is 1. The van der Waals surface area contributed by atoms with Gasteiger partial charge in [0.05, 0.1) is 9.90 Å². The zero-order valence-corrected chi connectivity index (χ0v) is 15.8. The molecule has 8 heteroatoms. The van der Waals surface area contributed by atoms with Gasteiger partial charge in [-0.1, -0.05) is 23.2 Å². The Labute approximate surface area is 160 Å². The van der Waals surface area contributed by atoms with Crippen LogP contribution in [0.4, 0.5) is 10.1 Å². The third-order valence-electron chi connectivity index (χ3n) is 4.18. The summed E-state index contributed by atoms with van der Waals surface area (Å²) in [5.74, 6) is -0.414. The van der Waals surface area contributed by atoms with Crippen molar-refractivity contribution in [2.75, 3.05) is 44.2 Å². The van der Waals surface area contributed by atoms with Gasteiger partial charge in [-0.25, -0.2) is 4.39 Å². The fraction of sp³-hybridized carbons (Fsp3) is 0.353. The monoisotopic (exact) mass is 401 g/mol. The molecule has 1 aromatic carbocycles. The molecule has 4 nitrogen and oxygen atoms in total. The van der Waals surface area contributed by atoms with Crippen molar-refractivity contribution in [3.8, 4) is 0 Å². The van der Waals surface area contributed by atoms with Crippen LogP contribution in [0.2, 0.25) is 8.67 Å². The number of halogens is 3. The number of hydrogen-bond donors (Lipinski definition) is 1. The van der Waals surface area contributed by atoms with E-state index in [0.29, 0.717) is 20.8 Å². The number of anilines is 1. The maximum absolute atomic E-state index is 13.0. The number of hydrogen-bond acceptors (Lipinski definition) is 4. The van der Waals surface area contributed by atoms with Gasteiger partial charge in [0.2, 0.25) is 0 Å². The van der Waals surface area contributed by atoms with E-state index in [1.54, 1.807) is 18.2 Å². The Morgan fingerprint density at radius 1 is 1.16 bits per heavy atom. The van der Waals surface area contributed by atoms with Gasteiger partial charge >= 0.3 is 0 Å². The lowest BCUT2D eigenvalue weighted by molar-refractivity contribution is 0.0948. The van der Waals surface area contributed by atoms with Gasteiger partial charge in [0.1, 0.15) is 10.2 Å². The number of amides is 1. The highest BCUT2D eigenvalue weighted by molar-refractivity contribution is 7.20. The maximum Gasteiger partial charge on any atom is 0.253 e. The summed E-state index contributed by atoms with van der Waals surface area (Å²) >= 11 is 13.0. The van der Waals surface area contributed by atoms with Gasteiger partial charge in [-0.2, -0.15) is 0 Å². The van der Waals surface area contributed by atoms with Crippen molar-refractivity contribution in [1.82, 2.24) is 10.2 Å². The highest BCUT2D eigenvalue weighted by atomic mass is 35.5. The standard InChI is InChI=1S/C17H18Cl2FN3OS/c18-15-11-14(16(19)25-15)17(24)21-5-6-22-7-9-23(10-8-22)13-3-1-12(20)2-4-13/h1-4,11H,5-10H2,(H,21,24). The van der Waals surface area contributed by atoms with E-state index in [4.69, 9.17) is 23.2 Å². The molecule has 1 amide bonds. The highest BCUT2D eigenvalue weighted by Gasteiger charge is 2.18. The van der Waals surface area contributed by atoms with Gasteiger partial charge in [0.25, 0.3) is 5.91 Å². The molecule has 3 rings (SSSR count). The highest BCUT2D eigenvalue weighted by Crippen LogP contribution is 2.30. The molecule has 0 unspecified atom stereocenters. The first-order chi connectivity index (χ1) is 12.0. The minimum atomic E-state index is -0.217. The second-order valence-corrected chi connectivity index (χ2v) is 8.08. The number of nitrogens with one attached hydrogen (secondary N) is 1. The third kappa shape index (κ3) is 4.85. The zero-order valence-electron chi connectivity index (χ0n) is 13.5. The Balaban J connectivity index is 1.41. The third-order valence-corrected chi connectivity index (χ3v) is 5.67. The Morgan fingerprint density at radius 3 is 2.44 bits per heavy atom. The number of piperazine rings is 1. The van der Waals surface area contributed by atoms with Crippen LogP contribution in [0.5, 0.6) is 0 Å². The number of thiophene rings is 1. The maximum atomic E-state index is 13.0. The summed E-state index contributed by atoms with van der Waals surface area (Å²) in [6.07, 6.45) is 0. The van der Waals surface area contributed by atoms with Crippen LogP contribution in [0.1, 0.15) is 10.4 Å². The van der Waals surface area contributed by atoms with Crippen molar-refractivity contribution in [3.05, 3.63) is 50.4 Å². The molecule has 0 spiro atoms. The van der Waals surface area contributed by atoms with E-state index in [0.717, 1.165) is 38.4 Å². The molecule has 2 aromatic rings. The molecule has 134 valence electrons. The normalized spacial score (nSPS) is 15.4. The van der Waals surface area contributed by atoms with E-state index in [1.165, 1.54) is 23.5 Å². The van der Waals surface area contributed by atoms with Crippen molar-refractivity contribution >= 4 is 46.1 Å². The minimum absolute atomic E-state index is 0.196. The second kappa shape index (κ2) is 8.36. The lowest BCUT2D eigenvalue weighted by Crippen LogP contribution is -2.48. The summed E-state index contributed by atoms with van der Waals surface area (Å²) in [7, 11) is 0. The number of carbonyl (C=O) groups excluding carboxylic acids is 1. The van der Waals surface area contributed by atoms with Crippen LogP contribution < -0.4 is 10.2 Å². The van der Waals surface area contributed by atoms with Crippen molar-refractivity contribution in [2.24, 2.45) is 0 Å². The summed E-state index contributed by atoms with van der Waals surface area (Å²) in [6, 6.07) is 8.17. The zero-order chi connectivity index (χ0) is 17.8. The van der Waals surface area contributed by atoms with Gasteiger partial charge in [-0.15, -0.1) is 11.3 Å². The van der Waals surface area contributed by atoms with E-state index >= 15 is 0 Å². The van der Waals surface area contributed by atoms with Gasteiger partial charge in [0, 0.05) is 45.0 Å². The molecule has 0 radical (unpaired) electrons. The Hall–Kier alpha value is -1.34. The lowest BCUT2D eigenvalue weighted by Gasteiger charge is -2.36. The summed E-state index contributed by atoms with van der Waals surface area (Å²) in [4.78, 5) is 16.6. The molecular weight excluding hydrogens is 384 g/mol. The molecule has 1 saturated heterocycles. The predicted molar refractivity (Wildman–Crippen MR) is 102 cm³/mol. The Morgan fingerprint density at radius 2 is 1.84 bits per heavy atom. The van der Waals surface area contributed by atoms with E-state index < -0.39 is 0 Å². The quantitative estimate of drug-likeness (QED) is 0.828. The van der Waals surface area contributed by atoms with Crippen molar-refractivity contribution in [1.29, 1.82) is 0 Å². The first-order valence-corrected chi connectivity index (χ1v) is 9.56. The van der Waals surface area contributed by atoms with Gasteiger partial charge < -0.3 is 10.2 Å². The topological polar surface area (TPSA) is 35.6 Å². The molecule has 1 N–H and O–H groups in total. The van der Waals surface area contributed by atoms with Crippen LogP contribution in [0.3, 0.4) is 0 Å². The average molecular weight is 402 g/mol. The van der Waals surface area contributed by atoms with Crippen molar-refractivity contribution in [3.63, 3.8) is 0 Å². The molecule has 25 heavy (non-hydrogen) atoms. The molecule has 0 aliphatic carbocycles. The SMILES string of the molecule is O=C(NCCN1CCN(c2ccc(F)cc2)CC1)c1cc(Cl)sc1Cl. The van der Waals surface area contributed by atoms with Crippen LogP contribution in [0.15, 0.2) is 30.3 Å². The summed E-state index contributed by atoms with van der Waals surface area (Å²) in [5.41, 5.74) is 1.47. The van der Waals surface area contributed by atoms with Gasteiger partial charge in [-0.05, 0) is 30.3 Å². The fourth-order valence-corrected chi connectivity index (χ4v) is 4.26. The van der Waals surface area contributed by atoms with Crippen LogP contribution >= 0.6 is 34.5 Å². The van der Waals surface area contributed by atoms with Crippen LogP contribution in [-0.4, -0.2) is 50.1 Å². The first kappa shape index (κ1) is 18.5. The molecule has 1 aromatic heterocycles. The molecule has 1 aliphatic heterocycles. The lowest BCUT2D eigenvalue weighted by atomic mass is 10.2. The second-order valence-electron chi connectivity index (χ2n) is 5.80. The summed E-state index contributed by atoms with van der Waals surface area (Å²) < 4.78 is 13.9. The average Bonchev–Trinajstić information content (AvgIpc) is 2.95. The fourth-order valence-electron chi connectivity index (χ4n) is 2.80. The number of nitrogens with zero attached hydrogens (tertiary/aromatic N) is 2. The van der Waals surface area contributed by atoms with Crippen LogP contribution in [-0.2, 0) is 0 Å². The van der Waals surface area contributed by atoms with E-state index in [1.807, 2.05) is 0 Å². The predicted octanol–water partition coefficient (Wildman–Crippen LogP) is 3.75. The minimum Gasteiger partial charge on any atom is -0.369 e. The first-order valence-electron chi connectivity index (χ1n) is 7.99.